The minimum Gasteiger partial charge on any atom is -0.496 e. The van der Waals surface area contributed by atoms with Crippen LogP contribution in [0.3, 0.4) is 0 Å². The number of hydrogen-bond donors (Lipinski definition) is 0. The lowest BCUT2D eigenvalue weighted by Crippen LogP contribution is -2.19. The number of benzene rings is 2. The van der Waals surface area contributed by atoms with E-state index in [0.717, 1.165) is 3.97 Å². The number of aromatic nitrogens is 1. The van der Waals surface area contributed by atoms with E-state index in [9.17, 15) is 13.2 Å². The molecule has 0 N–H and O–H groups in total. The Morgan fingerprint density at radius 2 is 1.85 bits per heavy atom. The number of rotatable bonds is 5. The summed E-state index contributed by atoms with van der Waals surface area (Å²) in [5.41, 5.74) is 0.282. The number of esters is 1. The molecule has 0 radical (unpaired) electrons. The van der Waals surface area contributed by atoms with Gasteiger partial charge >= 0.3 is 5.97 Å². The average molecular weight is 438 g/mol. The van der Waals surface area contributed by atoms with Gasteiger partial charge in [-0.2, -0.15) is 0 Å². The summed E-state index contributed by atoms with van der Waals surface area (Å²) in [5.74, 6) is -0.184. The molecule has 0 aliphatic heterocycles. The number of nitrogens with zero attached hydrogens (tertiary/aromatic N) is 1. The van der Waals surface area contributed by atoms with Crippen LogP contribution < -0.4 is 4.74 Å². The first-order chi connectivity index (χ1) is 12.4. The Kier molecular flexibility index (Phi) is 5.06. The fraction of sp³-hybridized carbons (Fsp3) is 0.167. The van der Waals surface area contributed by atoms with E-state index in [-0.39, 0.29) is 17.2 Å². The molecule has 136 valence electrons. The van der Waals surface area contributed by atoms with E-state index in [1.54, 1.807) is 37.3 Å². The maximum Gasteiger partial charge on any atom is 0.356 e. The molecule has 0 aliphatic rings. The number of carbonyl (C=O) groups is 1. The Morgan fingerprint density at radius 1 is 1.15 bits per heavy atom. The van der Waals surface area contributed by atoms with Crippen molar-refractivity contribution in [2.45, 2.75) is 11.8 Å². The van der Waals surface area contributed by atoms with Crippen molar-refractivity contribution < 1.29 is 22.7 Å². The van der Waals surface area contributed by atoms with Gasteiger partial charge < -0.3 is 9.47 Å². The van der Waals surface area contributed by atoms with Crippen molar-refractivity contribution in [1.29, 1.82) is 0 Å². The van der Waals surface area contributed by atoms with Gasteiger partial charge in [-0.05, 0) is 53.2 Å². The van der Waals surface area contributed by atoms with E-state index in [1.807, 2.05) is 0 Å². The lowest BCUT2D eigenvalue weighted by molar-refractivity contribution is 0.0518. The molecule has 1 heterocycles. The van der Waals surface area contributed by atoms with Crippen LogP contribution in [-0.2, 0) is 14.8 Å². The van der Waals surface area contributed by atoms with Crippen molar-refractivity contribution in [1.82, 2.24) is 3.97 Å². The van der Waals surface area contributed by atoms with Crippen molar-refractivity contribution in [3.8, 4) is 5.75 Å². The number of hydrogen-bond acceptors (Lipinski definition) is 5. The Hall–Kier alpha value is -2.32. The van der Waals surface area contributed by atoms with Crippen LogP contribution in [0.2, 0.25) is 0 Å². The molecule has 0 amide bonds. The van der Waals surface area contributed by atoms with Crippen molar-refractivity contribution in [3.05, 3.63) is 58.7 Å². The van der Waals surface area contributed by atoms with E-state index in [2.05, 4.69) is 15.9 Å². The predicted octanol–water partition coefficient (Wildman–Crippen LogP) is 3.83. The fourth-order valence-electron chi connectivity index (χ4n) is 2.66. The summed E-state index contributed by atoms with van der Waals surface area (Å²) in [5, 5.41) is 0.534. The maximum atomic E-state index is 13.2. The van der Waals surface area contributed by atoms with Crippen molar-refractivity contribution in [3.63, 3.8) is 0 Å². The second-order valence-corrected chi connectivity index (χ2v) is 7.93. The molecule has 2 aromatic carbocycles. The highest BCUT2D eigenvalue weighted by molar-refractivity contribution is 9.10. The van der Waals surface area contributed by atoms with Crippen LogP contribution in [-0.4, -0.2) is 32.1 Å². The van der Waals surface area contributed by atoms with Gasteiger partial charge in [0, 0.05) is 5.39 Å². The van der Waals surface area contributed by atoms with Gasteiger partial charge in [0.25, 0.3) is 10.0 Å². The molecule has 0 bridgehead atoms. The van der Waals surface area contributed by atoms with Crippen LogP contribution in [0, 0.1) is 0 Å². The number of ether oxygens (including phenoxy) is 2. The smallest absolute Gasteiger partial charge is 0.356 e. The standard InChI is InChI=1S/C18H16BrNO5S/c1-3-25-18(21)15-11-13-14(9-10-16(24-2)17(13)19)20(15)26(22,23)12-7-5-4-6-8-12/h4-11H,3H2,1-2H3. The molecule has 0 saturated heterocycles. The van der Waals surface area contributed by atoms with Crippen molar-refractivity contribution >= 4 is 42.8 Å². The molecule has 0 saturated carbocycles. The lowest BCUT2D eigenvalue weighted by Gasteiger charge is -2.12. The first kappa shape index (κ1) is 18.5. The molecular weight excluding hydrogens is 422 g/mol. The minimum atomic E-state index is -4.00. The van der Waals surface area contributed by atoms with Crippen LogP contribution in [0.1, 0.15) is 17.4 Å². The Bertz CT molecular complexity index is 1070. The van der Waals surface area contributed by atoms with E-state index in [0.29, 0.717) is 21.1 Å². The van der Waals surface area contributed by atoms with Gasteiger partial charge in [0.15, 0.2) is 0 Å². The maximum absolute atomic E-state index is 13.2. The van der Waals surface area contributed by atoms with E-state index >= 15 is 0 Å². The second-order valence-electron chi connectivity index (χ2n) is 5.35. The fourth-order valence-corrected chi connectivity index (χ4v) is 4.79. The Balaban J connectivity index is 2.37. The summed E-state index contributed by atoms with van der Waals surface area (Å²) in [4.78, 5) is 12.5. The zero-order valence-electron chi connectivity index (χ0n) is 14.1. The quantitative estimate of drug-likeness (QED) is 0.567. The Labute approximate surface area is 159 Å². The molecule has 3 aromatic rings. The van der Waals surface area contributed by atoms with Crippen LogP contribution >= 0.6 is 15.9 Å². The minimum absolute atomic E-state index is 0.0698. The molecule has 26 heavy (non-hydrogen) atoms. The Morgan fingerprint density at radius 3 is 2.46 bits per heavy atom. The summed E-state index contributed by atoms with van der Waals surface area (Å²) in [6.07, 6.45) is 0. The third-order valence-electron chi connectivity index (χ3n) is 3.83. The van der Waals surface area contributed by atoms with Crippen molar-refractivity contribution in [2.75, 3.05) is 13.7 Å². The number of halogens is 1. The van der Waals surface area contributed by atoms with Gasteiger partial charge in [-0.25, -0.2) is 17.2 Å². The molecular formula is C18H16BrNO5S. The zero-order chi connectivity index (χ0) is 18.9. The van der Waals surface area contributed by atoms with Crippen LogP contribution in [0.15, 0.2) is 57.9 Å². The van der Waals surface area contributed by atoms with Crippen molar-refractivity contribution in [2.24, 2.45) is 0 Å². The van der Waals surface area contributed by atoms with Crippen LogP contribution in [0.5, 0.6) is 5.75 Å². The first-order valence-corrected chi connectivity index (χ1v) is 10.0. The largest absolute Gasteiger partial charge is 0.496 e. The van der Waals surface area contributed by atoms with Gasteiger partial charge in [0.2, 0.25) is 0 Å². The summed E-state index contributed by atoms with van der Waals surface area (Å²) in [6.45, 7) is 1.80. The molecule has 6 nitrogen and oxygen atoms in total. The van der Waals surface area contributed by atoms with Gasteiger partial charge in [-0.1, -0.05) is 18.2 Å². The SMILES string of the molecule is CCOC(=O)c1cc2c(Br)c(OC)ccc2n1S(=O)(=O)c1ccccc1. The highest BCUT2D eigenvalue weighted by Crippen LogP contribution is 2.36. The molecule has 0 aliphatic carbocycles. The third-order valence-corrected chi connectivity index (χ3v) is 6.39. The van der Waals surface area contributed by atoms with Gasteiger partial charge in [0.1, 0.15) is 11.4 Å². The molecule has 0 atom stereocenters. The molecule has 1 aromatic heterocycles. The summed E-state index contributed by atoms with van der Waals surface area (Å²) in [7, 11) is -2.49. The first-order valence-electron chi connectivity index (χ1n) is 7.77. The van der Waals surface area contributed by atoms with E-state index in [1.165, 1.54) is 25.3 Å². The summed E-state index contributed by atoms with van der Waals surface area (Å²) < 4.78 is 38.3. The molecule has 3 rings (SSSR count). The third kappa shape index (κ3) is 2.99. The van der Waals surface area contributed by atoms with Gasteiger partial charge in [0.05, 0.1) is 28.6 Å². The molecule has 0 unspecified atom stereocenters. The van der Waals surface area contributed by atoms with Crippen LogP contribution in [0.25, 0.3) is 10.9 Å². The average Bonchev–Trinajstić information content (AvgIpc) is 3.04. The number of fused-ring (bicyclic) bond motifs is 1. The predicted molar refractivity (Wildman–Crippen MR) is 101 cm³/mol. The zero-order valence-corrected chi connectivity index (χ0v) is 16.5. The highest BCUT2D eigenvalue weighted by Gasteiger charge is 2.28. The van der Waals surface area contributed by atoms with E-state index in [4.69, 9.17) is 9.47 Å². The van der Waals surface area contributed by atoms with Gasteiger partial charge in [-0.3, -0.25) is 0 Å². The topological polar surface area (TPSA) is 74.6 Å². The molecule has 8 heteroatoms. The number of carbonyl (C=O) groups excluding carboxylic acids is 1. The monoisotopic (exact) mass is 437 g/mol. The normalized spacial score (nSPS) is 11.5. The van der Waals surface area contributed by atoms with Gasteiger partial charge in [-0.15, -0.1) is 0 Å². The summed E-state index contributed by atoms with van der Waals surface area (Å²) in [6, 6.07) is 12.7. The highest BCUT2D eigenvalue weighted by atomic mass is 79.9. The van der Waals surface area contributed by atoms with E-state index < -0.39 is 16.0 Å². The summed E-state index contributed by atoms with van der Waals surface area (Å²) >= 11 is 3.42. The molecule has 0 spiro atoms. The second kappa shape index (κ2) is 7.13. The van der Waals surface area contributed by atoms with Crippen LogP contribution in [0.4, 0.5) is 0 Å². The number of methoxy groups -OCH3 is 1. The molecule has 0 fully saturated rings. The lowest BCUT2D eigenvalue weighted by atomic mass is 10.2.